The highest BCUT2D eigenvalue weighted by molar-refractivity contribution is 5.91. The highest BCUT2D eigenvalue weighted by atomic mass is 16.6. The number of ether oxygens (including phenoxy) is 1. The lowest BCUT2D eigenvalue weighted by Crippen LogP contribution is -2.56. The Kier molecular flexibility index (Phi) is 3.28. The van der Waals surface area contributed by atoms with Gasteiger partial charge in [-0.2, -0.15) is 0 Å². The Morgan fingerprint density at radius 1 is 1.09 bits per heavy atom. The maximum atomic E-state index is 12.4. The molecule has 4 rings (SSSR count). The van der Waals surface area contributed by atoms with Crippen LogP contribution in [0, 0.1) is 34.5 Å². The number of carbonyl (C=O) groups is 1. The van der Waals surface area contributed by atoms with Crippen LogP contribution in [-0.2, 0) is 9.53 Å². The Morgan fingerprint density at radius 2 is 1.86 bits per heavy atom. The molecule has 22 heavy (non-hydrogen) atoms. The smallest absolute Gasteiger partial charge is 0.167 e. The number of fused-ring (bicyclic) bond motifs is 5. The molecule has 3 aliphatic carbocycles. The second kappa shape index (κ2) is 4.78. The van der Waals surface area contributed by atoms with E-state index in [1.807, 2.05) is 0 Å². The van der Waals surface area contributed by atoms with Crippen molar-refractivity contribution >= 4 is 5.78 Å². The van der Waals surface area contributed by atoms with Gasteiger partial charge in [-0.3, -0.25) is 4.79 Å². The molecule has 4 aliphatic rings. The Morgan fingerprint density at radius 3 is 2.64 bits per heavy atom. The minimum absolute atomic E-state index is 0.0820. The summed E-state index contributed by atoms with van der Waals surface area (Å²) >= 11 is 0. The lowest BCUT2D eigenvalue weighted by Gasteiger charge is -2.59. The Labute approximate surface area is 132 Å². The van der Waals surface area contributed by atoms with Crippen molar-refractivity contribution in [2.24, 2.45) is 34.5 Å². The summed E-state index contributed by atoms with van der Waals surface area (Å²) in [5.41, 5.74) is -0.182. The monoisotopic (exact) mass is 308 g/mol. The molecule has 0 radical (unpaired) electrons. The van der Waals surface area contributed by atoms with E-state index >= 15 is 0 Å². The molecule has 1 saturated heterocycles. The molecule has 0 aromatic carbocycles. The molecule has 3 saturated carbocycles. The largest absolute Gasteiger partial charge is 0.385 e. The zero-order valence-corrected chi connectivity index (χ0v) is 13.6. The molecular formula is C18H28O4. The highest BCUT2D eigenvalue weighted by Crippen LogP contribution is 2.64. The van der Waals surface area contributed by atoms with Crippen molar-refractivity contribution in [1.29, 1.82) is 0 Å². The third kappa shape index (κ3) is 1.83. The van der Waals surface area contributed by atoms with E-state index in [-0.39, 0.29) is 16.6 Å². The summed E-state index contributed by atoms with van der Waals surface area (Å²) in [4.78, 5) is 12.4. The molecule has 8 atom stereocenters. The fraction of sp³-hybridized carbons (Fsp3) is 0.944. The average molecular weight is 308 g/mol. The van der Waals surface area contributed by atoms with Crippen molar-refractivity contribution < 1.29 is 19.7 Å². The van der Waals surface area contributed by atoms with Crippen molar-refractivity contribution in [1.82, 2.24) is 0 Å². The maximum Gasteiger partial charge on any atom is 0.167 e. The summed E-state index contributed by atoms with van der Waals surface area (Å²) in [6.45, 7) is 5.05. The van der Waals surface area contributed by atoms with E-state index in [2.05, 4.69) is 13.8 Å². The van der Waals surface area contributed by atoms with Crippen molar-refractivity contribution in [3.63, 3.8) is 0 Å². The van der Waals surface area contributed by atoms with E-state index in [0.29, 0.717) is 36.7 Å². The highest BCUT2D eigenvalue weighted by Gasteiger charge is 2.62. The number of aliphatic hydroxyl groups is 2. The molecule has 0 bridgehead atoms. The first-order chi connectivity index (χ1) is 10.4. The first-order valence-electron chi connectivity index (χ1n) is 8.88. The first kappa shape index (κ1) is 15.1. The molecule has 0 amide bonds. The van der Waals surface area contributed by atoms with Gasteiger partial charge in [-0.25, -0.2) is 0 Å². The summed E-state index contributed by atoms with van der Waals surface area (Å²) in [7, 11) is 0. The predicted octanol–water partition coefficient (Wildman–Crippen LogP) is 2.12. The molecule has 2 N–H and O–H groups in total. The van der Waals surface area contributed by atoms with Gasteiger partial charge < -0.3 is 14.9 Å². The Bertz CT molecular complexity index is 491. The molecule has 1 aliphatic heterocycles. The quantitative estimate of drug-likeness (QED) is 0.719. The molecule has 4 nitrogen and oxygen atoms in total. The molecule has 4 fully saturated rings. The van der Waals surface area contributed by atoms with Gasteiger partial charge in [0, 0.05) is 11.8 Å². The standard InChI is InChI=1S/C18H28O4/c1-17-6-5-12-11(13(17)8-14(19)16(17)21)4-3-10-7-15(20)22-9-18(10,12)2/h10-15,19-20H,3-9H2,1-2H3/t10-,11+,12-,13-,14+,15-,17-,18-/m0/s1. The average Bonchev–Trinajstić information content (AvgIpc) is 2.72. The fourth-order valence-electron chi connectivity index (χ4n) is 6.52. The van der Waals surface area contributed by atoms with Gasteiger partial charge in [-0.15, -0.1) is 0 Å². The van der Waals surface area contributed by atoms with Crippen molar-refractivity contribution in [3.05, 3.63) is 0 Å². The molecule has 0 aromatic heterocycles. The normalized spacial score (nSPS) is 57.9. The third-order valence-electron chi connectivity index (χ3n) is 7.87. The van der Waals surface area contributed by atoms with E-state index in [9.17, 15) is 15.0 Å². The lowest BCUT2D eigenvalue weighted by molar-refractivity contribution is -0.225. The summed E-state index contributed by atoms with van der Waals surface area (Å²) in [6.07, 6.45) is 4.28. The number of Topliss-reactive ketones (excluding diaryl/α,β-unsaturated/α-hetero) is 1. The minimum Gasteiger partial charge on any atom is -0.385 e. The van der Waals surface area contributed by atoms with Gasteiger partial charge in [0.25, 0.3) is 0 Å². The minimum atomic E-state index is -0.747. The van der Waals surface area contributed by atoms with E-state index in [1.165, 1.54) is 0 Å². The van der Waals surface area contributed by atoms with E-state index < -0.39 is 12.4 Å². The number of ketones is 1. The first-order valence-corrected chi connectivity index (χ1v) is 8.88. The number of carbonyl (C=O) groups excluding carboxylic acids is 1. The molecule has 4 heteroatoms. The van der Waals surface area contributed by atoms with Crippen molar-refractivity contribution in [2.75, 3.05) is 6.61 Å². The SMILES string of the molecule is C[C@]12CO[C@H](O)C[C@@H]1CC[C@@H]1[C@@H]2CC[C@]2(C)C(=O)[C@H](O)C[C@@H]12. The Hall–Kier alpha value is -0.450. The fourth-order valence-corrected chi connectivity index (χ4v) is 6.52. The van der Waals surface area contributed by atoms with E-state index in [4.69, 9.17) is 4.74 Å². The van der Waals surface area contributed by atoms with Crippen molar-refractivity contribution in [2.45, 2.75) is 64.8 Å². The van der Waals surface area contributed by atoms with E-state index in [1.54, 1.807) is 0 Å². The number of aliphatic hydroxyl groups excluding tert-OH is 2. The van der Waals surface area contributed by atoms with Crippen LogP contribution < -0.4 is 0 Å². The second-order valence-corrected chi connectivity index (χ2v) is 8.73. The van der Waals surface area contributed by atoms with Gasteiger partial charge in [0.1, 0.15) is 6.10 Å². The maximum absolute atomic E-state index is 12.4. The summed E-state index contributed by atoms with van der Waals surface area (Å²) < 4.78 is 5.62. The zero-order valence-electron chi connectivity index (χ0n) is 13.6. The molecule has 0 spiro atoms. The van der Waals surface area contributed by atoms with Crippen LogP contribution in [0.25, 0.3) is 0 Å². The lowest BCUT2D eigenvalue weighted by atomic mass is 9.47. The topological polar surface area (TPSA) is 66.8 Å². The predicted molar refractivity (Wildman–Crippen MR) is 80.8 cm³/mol. The summed E-state index contributed by atoms with van der Waals surface area (Å²) in [6, 6.07) is 0. The molecule has 124 valence electrons. The summed E-state index contributed by atoms with van der Waals surface area (Å²) in [5, 5.41) is 19.9. The van der Waals surface area contributed by atoms with Crippen LogP contribution in [0.2, 0.25) is 0 Å². The number of hydrogen-bond donors (Lipinski definition) is 2. The van der Waals surface area contributed by atoms with Crippen LogP contribution in [0.3, 0.4) is 0 Å². The molecule has 0 unspecified atom stereocenters. The van der Waals surface area contributed by atoms with Gasteiger partial charge in [0.15, 0.2) is 12.1 Å². The third-order valence-corrected chi connectivity index (χ3v) is 7.87. The second-order valence-electron chi connectivity index (χ2n) is 8.73. The molecular weight excluding hydrogens is 280 g/mol. The van der Waals surface area contributed by atoms with Crippen LogP contribution >= 0.6 is 0 Å². The Balaban J connectivity index is 1.64. The van der Waals surface area contributed by atoms with Crippen LogP contribution in [0.1, 0.15) is 52.4 Å². The van der Waals surface area contributed by atoms with Gasteiger partial charge in [-0.05, 0) is 61.2 Å². The number of hydrogen-bond acceptors (Lipinski definition) is 4. The van der Waals surface area contributed by atoms with Crippen LogP contribution in [-0.4, -0.2) is 35.0 Å². The van der Waals surface area contributed by atoms with E-state index in [0.717, 1.165) is 32.1 Å². The molecule has 0 aromatic rings. The van der Waals surface area contributed by atoms with Gasteiger partial charge in [-0.1, -0.05) is 13.8 Å². The van der Waals surface area contributed by atoms with Crippen molar-refractivity contribution in [3.8, 4) is 0 Å². The van der Waals surface area contributed by atoms with Crippen LogP contribution in [0.4, 0.5) is 0 Å². The summed E-state index contributed by atoms with van der Waals surface area (Å²) in [5.74, 6) is 2.04. The van der Waals surface area contributed by atoms with Gasteiger partial charge >= 0.3 is 0 Å². The van der Waals surface area contributed by atoms with Crippen LogP contribution in [0.15, 0.2) is 0 Å². The van der Waals surface area contributed by atoms with Gasteiger partial charge in [0.05, 0.1) is 6.61 Å². The molecule has 1 heterocycles. The number of rotatable bonds is 0. The zero-order chi connectivity index (χ0) is 15.7. The van der Waals surface area contributed by atoms with Crippen LogP contribution in [0.5, 0.6) is 0 Å². The van der Waals surface area contributed by atoms with Gasteiger partial charge in [0.2, 0.25) is 0 Å².